The smallest absolute Gasteiger partial charge is 0.354 e. The molecule has 0 radical (unpaired) electrons. The number of nitrogens with zero attached hydrogens (tertiary/aromatic N) is 1. The first-order valence-corrected chi connectivity index (χ1v) is 6.22. The lowest BCUT2D eigenvalue weighted by molar-refractivity contribution is -0.116. The first-order valence-electron chi connectivity index (χ1n) is 6.22. The Hall–Kier alpha value is -1.95. The van der Waals surface area contributed by atoms with Gasteiger partial charge in [0.05, 0.1) is 11.9 Å². The predicted molar refractivity (Wildman–Crippen MR) is 71.9 cm³/mol. The zero-order valence-corrected chi connectivity index (χ0v) is 10.9. The molecule has 6 nitrogen and oxygen atoms in total. The van der Waals surface area contributed by atoms with Gasteiger partial charge in [0.25, 0.3) is 0 Å². The quantitative estimate of drug-likeness (QED) is 0.692. The molecule has 0 aliphatic rings. The Balaban J connectivity index is 2.42. The van der Waals surface area contributed by atoms with E-state index in [1.165, 1.54) is 18.3 Å². The lowest BCUT2D eigenvalue weighted by Gasteiger charge is -2.09. The Kier molecular flexibility index (Phi) is 5.95. The summed E-state index contributed by atoms with van der Waals surface area (Å²) >= 11 is 0. The van der Waals surface area contributed by atoms with Crippen molar-refractivity contribution in [2.24, 2.45) is 11.7 Å². The number of nitrogens with two attached hydrogens (primary N) is 1. The summed E-state index contributed by atoms with van der Waals surface area (Å²) in [7, 11) is 0. The fourth-order valence-electron chi connectivity index (χ4n) is 1.62. The van der Waals surface area contributed by atoms with Crippen LogP contribution in [0.4, 0.5) is 5.69 Å². The third-order valence-electron chi connectivity index (χ3n) is 2.79. The van der Waals surface area contributed by atoms with Gasteiger partial charge in [-0.25, -0.2) is 9.78 Å². The molecule has 1 heterocycles. The molecule has 1 aromatic rings. The van der Waals surface area contributed by atoms with Crippen molar-refractivity contribution in [1.29, 1.82) is 0 Å². The second-order valence-corrected chi connectivity index (χ2v) is 4.51. The highest BCUT2D eigenvalue weighted by Gasteiger charge is 2.08. The van der Waals surface area contributed by atoms with E-state index in [9.17, 15) is 9.59 Å². The molecular formula is C13H19N3O3. The average Bonchev–Trinajstić information content (AvgIpc) is 2.37. The molecular weight excluding hydrogens is 246 g/mol. The topological polar surface area (TPSA) is 105 Å². The molecule has 4 N–H and O–H groups in total. The fraction of sp³-hybridized carbons (Fsp3) is 0.462. The zero-order chi connectivity index (χ0) is 14.3. The minimum atomic E-state index is -1.09. The molecule has 104 valence electrons. The summed E-state index contributed by atoms with van der Waals surface area (Å²) in [6.07, 6.45) is 3.44. The number of hydrogen-bond donors (Lipinski definition) is 3. The summed E-state index contributed by atoms with van der Waals surface area (Å²) in [5.41, 5.74) is 5.90. The van der Waals surface area contributed by atoms with Gasteiger partial charge in [0.1, 0.15) is 5.69 Å². The molecule has 0 aliphatic heterocycles. The number of carboxylic acids is 1. The second kappa shape index (κ2) is 7.48. The van der Waals surface area contributed by atoms with E-state index in [0.29, 0.717) is 24.6 Å². The summed E-state index contributed by atoms with van der Waals surface area (Å²) in [4.78, 5) is 26.0. The van der Waals surface area contributed by atoms with Crippen molar-refractivity contribution in [2.75, 3.05) is 11.9 Å². The maximum absolute atomic E-state index is 11.7. The van der Waals surface area contributed by atoms with Crippen LogP contribution >= 0.6 is 0 Å². The molecule has 0 bridgehead atoms. The second-order valence-electron chi connectivity index (χ2n) is 4.51. The van der Waals surface area contributed by atoms with Gasteiger partial charge in [0, 0.05) is 6.42 Å². The third kappa shape index (κ3) is 5.48. The van der Waals surface area contributed by atoms with E-state index >= 15 is 0 Å². The number of aromatic nitrogens is 1. The molecule has 0 saturated heterocycles. The van der Waals surface area contributed by atoms with Gasteiger partial charge in [-0.2, -0.15) is 0 Å². The highest BCUT2D eigenvalue weighted by atomic mass is 16.4. The highest BCUT2D eigenvalue weighted by molar-refractivity contribution is 5.91. The highest BCUT2D eigenvalue weighted by Crippen LogP contribution is 2.11. The molecule has 0 spiro atoms. The SMILES string of the molecule is CC(CCN)CCC(=O)Nc1ccc(C(=O)O)nc1. The number of carbonyl (C=O) groups is 2. The van der Waals surface area contributed by atoms with E-state index in [2.05, 4.69) is 17.2 Å². The van der Waals surface area contributed by atoms with Gasteiger partial charge in [0.15, 0.2) is 0 Å². The molecule has 19 heavy (non-hydrogen) atoms. The molecule has 0 aromatic carbocycles. The van der Waals surface area contributed by atoms with Gasteiger partial charge in [-0.3, -0.25) is 4.79 Å². The molecule has 0 fully saturated rings. The van der Waals surface area contributed by atoms with Gasteiger partial charge < -0.3 is 16.2 Å². The molecule has 1 aromatic heterocycles. The van der Waals surface area contributed by atoms with Crippen LogP contribution < -0.4 is 11.1 Å². The van der Waals surface area contributed by atoms with Crippen LogP contribution in [0.3, 0.4) is 0 Å². The predicted octanol–water partition coefficient (Wildman–Crippen LogP) is 1.48. The molecule has 6 heteroatoms. The summed E-state index contributed by atoms with van der Waals surface area (Å²) in [5, 5.41) is 11.4. The minimum absolute atomic E-state index is 0.0467. The fourth-order valence-corrected chi connectivity index (χ4v) is 1.62. The Labute approximate surface area is 112 Å². The van der Waals surface area contributed by atoms with Gasteiger partial charge >= 0.3 is 5.97 Å². The van der Waals surface area contributed by atoms with Crippen molar-refractivity contribution in [1.82, 2.24) is 4.98 Å². The zero-order valence-electron chi connectivity index (χ0n) is 10.9. The van der Waals surface area contributed by atoms with E-state index in [-0.39, 0.29) is 11.6 Å². The van der Waals surface area contributed by atoms with Crippen LogP contribution in [0.1, 0.15) is 36.7 Å². The van der Waals surface area contributed by atoms with E-state index in [1.54, 1.807) is 0 Å². The van der Waals surface area contributed by atoms with Gasteiger partial charge in [0.2, 0.25) is 5.91 Å². The lowest BCUT2D eigenvalue weighted by atomic mass is 10.0. The number of anilines is 1. The summed E-state index contributed by atoms with van der Waals surface area (Å²) in [5.74, 6) is -0.773. The first kappa shape index (κ1) is 15.1. The molecule has 1 amide bonds. The minimum Gasteiger partial charge on any atom is -0.477 e. The van der Waals surface area contributed by atoms with E-state index < -0.39 is 5.97 Å². The number of carbonyl (C=O) groups excluding carboxylic acids is 1. The van der Waals surface area contributed by atoms with Gasteiger partial charge in [-0.05, 0) is 37.4 Å². The molecule has 1 rings (SSSR count). The number of rotatable bonds is 7. The van der Waals surface area contributed by atoms with E-state index in [0.717, 1.165) is 12.8 Å². The molecule has 0 saturated carbocycles. The Bertz CT molecular complexity index is 431. The van der Waals surface area contributed by atoms with Gasteiger partial charge in [-0.15, -0.1) is 0 Å². The van der Waals surface area contributed by atoms with Crippen molar-refractivity contribution in [3.63, 3.8) is 0 Å². The normalized spacial score (nSPS) is 11.9. The third-order valence-corrected chi connectivity index (χ3v) is 2.79. The van der Waals surface area contributed by atoms with Crippen LogP contribution in [0.15, 0.2) is 18.3 Å². The van der Waals surface area contributed by atoms with E-state index in [4.69, 9.17) is 10.8 Å². The standard InChI is InChI=1S/C13H19N3O3/c1-9(6-7-14)2-5-12(17)16-10-3-4-11(13(18)19)15-8-10/h3-4,8-9H,2,5-7,14H2,1H3,(H,16,17)(H,18,19). The van der Waals surface area contributed by atoms with Crippen LogP contribution in [0.25, 0.3) is 0 Å². The maximum atomic E-state index is 11.7. The number of carboxylic acid groups (broad SMARTS) is 1. The monoisotopic (exact) mass is 265 g/mol. The molecule has 1 unspecified atom stereocenters. The van der Waals surface area contributed by atoms with Crippen LogP contribution in [0.5, 0.6) is 0 Å². The van der Waals surface area contributed by atoms with Gasteiger partial charge in [-0.1, -0.05) is 6.92 Å². The van der Waals surface area contributed by atoms with Crippen LogP contribution in [-0.2, 0) is 4.79 Å². The van der Waals surface area contributed by atoms with E-state index in [1.807, 2.05) is 0 Å². The lowest BCUT2D eigenvalue weighted by Crippen LogP contribution is -2.14. The Morgan fingerprint density at radius 1 is 1.42 bits per heavy atom. The number of pyridine rings is 1. The van der Waals surface area contributed by atoms with Crippen molar-refractivity contribution in [2.45, 2.75) is 26.2 Å². The average molecular weight is 265 g/mol. The largest absolute Gasteiger partial charge is 0.477 e. The Morgan fingerprint density at radius 2 is 2.16 bits per heavy atom. The summed E-state index contributed by atoms with van der Waals surface area (Å²) in [6, 6.07) is 2.88. The number of hydrogen-bond acceptors (Lipinski definition) is 4. The number of nitrogens with one attached hydrogen (secondary N) is 1. The van der Waals surface area contributed by atoms with Crippen LogP contribution in [0.2, 0.25) is 0 Å². The summed E-state index contributed by atoms with van der Waals surface area (Å²) in [6.45, 7) is 2.69. The Morgan fingerprint density at radius 3 is 2.68 bits per heavy atom. The molecule has 1 atom stereocenters. The number of amides is 1. The first-order chi connectivity index (χ1) is 9.02. The van der Waals surface area contributed by atoms with Crippen molar-refractivity contribution >= 4 is 17.6 Å². The number of aromatic carboxylic acids is 1. The van der Waals surface area contributed by atoms with Crippen LogP contribution in [0, 0.1) is 5.92 Å². The van der Waals surface area contributed by atoms with Crippen LogP contribution in [-0.4, -0.2) is 28.5 Å². The molecule has 0 aliphatic carbocycles. The maximum Gasteiger partial charge on any atom is 0.354 e. The van der Waals surface area contributed by atoms with Crippen molar-refractivity contribution in [3.8, 4) is 0 Å². The van der Waals surface area contributed by atoms with Crippen molar-refractivity contribution < 1.29 is 14.7 Å². The van der Waals surface area contributed by atoms with Crippen molar-refractivity contribution in [3.05, 3.63) is 24.0 Å². The summed E-state index contributed by atoms with van der Waals surface area (Å²) < 4.78 is 0.